The predicted molar refractivity (Wildman–Crippen MR) is 65.9 cm³/mol. The van der Waals surface area contributed by atoms with E-state index in [1.54, 1.807) is 0 Å². The lowest BCUT2D eigenvalue weighted by molar-refractivity contribution is 0.294. The summed E-state index contributed by atoms with van der Waals surface area (Å²) in [4.78, 5) is 2.61. The highest BCUT2D eigenvalue weighted by Gasteiger charge is 2.08. The van der Waals surface area contributed by atoms with Gasteiger partial charge in [-0.3, -0.25) is 0 Å². The molecule has 2 nitrogen and oxygen atoms in total. The summed E-state index contributed by atoms with van der Waals surface area (Å²) in [5.41, 5.74) is 5.45. The molecule has 1 heterocycles. The Morgan fingerprint density at radius 3 is 2.29 bits per heavy atom. The zero-order valence-electron chi connectivity index (χ0n) is 9.21. The van der Waals surface area contributed by atoms with Gasteiger partial charge in [0, 0.05) is 24.6 Å². The van der Waals surface area contributed by atoms with Gasteiger partial charge in [-0.05, 0) is 25.9 Å². The van der Waals surface area contributed by atoms with Crippen LogP contribution in [0.15, 0.2) is 0 Å². The summed E-state index contributed by atoms with van der Waals surface area (Å²) in [5.74, 6) is 2.68. The normalized spacial score (nSPS) is 18.6. The quantitative estimate of drug-likeness (QED) is 0.660. The molecule has 0 unspecified atom stereocenters. The average molecular weight is 216 g/mol. The Morgan fingerprint density at radius 1 is 0.929 bits per heavy atom. The molecule has 1 aliphatic heterocycles. The number of hydrogen-bond donors (Lipinski definition) is 1. The first-order valence-corrected chi connectivity index (χ1v) is 7.09. The zero-order valence-corrected chi connectivity index (χ0v) is 10.0. The van der Waals surface area contributed by atoms with Gasteiger partial charge in [0.05, 0.1) is 0 Å². The fourth-order valence-corrected chi connectivity index (χ4v) is 2.81. The highest BCUT2D eigenvalue weighted by Crippen LogP contribution is 2.10. The molecule has 0 bridgehead atoms. The first kappa shape index (κ1) is 12.3. The molecule has 2 N–H and O–H groups in total. The fraction of sp³-hybridized carbons (Fsp3) is 1.00. The van der Waals surface area contributed by atoms with E-state index in [1.165, 1.54) is 63.2 Å². The number of rotatable bonds is 7. The highest BCUT2D eigenvalue weighted by atomic mass is 32.2. The second-order valence-corrected chi connectivity index (χ2v) is 5.24. The molecular formula is C11H24N2S. The Labute approximate surface area is 92.6 Å². The van der Waals surface area contributed by atoms with Crippen molar-refractivity contribution < 1.29 is 0 Å². The van der Waals surface area contributed by atoms with E-state index >= 15 is 0 Å². The maximum absolute atomic E-state index is 5.45. The SMILES string of the molecule is NCCCCCCCN1CCSCC1. The summed E-state index contributed by atoms with van der Waals surface area (Å²) in [6, 6.07) is 0. The average Bonchev–Trinajstić information content (AvgIpc) is 2.25. The van der Waals surface area contributed by atoms with Crippen LogP contribution in [-0.4, -0.2) is 42.6 Å². The minimum Gasteiger partial charge on any atom is -0.330 e. The molecular weight excluding hydrogens is 192 g/mol. The van der Waals surface area contributed by atoms with Crippen LogP contribution in [0.5, 0.6) is 0 Å². The molecule has 1 rings (SSSR count). The van der Waals surface area contributed by atoms with Crippen LogP contribution in [-0.2, 0) is 0 Å². The van der Waals surface area contributed by atoms with Gasteiger partial charge >= 0.3 is 0 Å². The van der Waals surface area contributed by atoms with Gasteiger partial charge in [-0.2, -0.15) is 11.8 Å². The maximum Gasteiger partial charge on any atom is 0.00727 e. The van der Waals surface area contributed by atoms with Gasteiger partial charge in [-0.1, -0.05) is 19.3 Å². The molecule has 0 spiro atoms. The van der Waals surface area contributed by atoms with Crippen molar-refractivity contribution in [2.45, 2.75) is 32.1 Å². The monoisotopic (exact) mass is 216 g/mol. The standard InChI is InChI=1S/C11H24N2S/c12-6-4-2-1-3-5-7-13-8-10-14-11-9-13/h1-12H2. The number of hydrogen-bond acceptors (Lipinski definition) is 3. The van der Waals surface area contributed by atoms with Gasteiger partial charge in [0.25, 0.3) is 0 Å². The van der Waals surface area contributed by atoms with Crippen LogP contribution in [0.4, 0.5) is 0 Å². The Kier molecular flexibility index (Phi) is 7.55. The summed E-state index contributed by atoms with van der Waals surface area (Å²) in [6.07, 6.45) is 6.69. The van der Waals surface area contributed by atoms with Crippen molar-refractivity contribution in [2.75, 3.05) is 37.7 Å². The molecule has 0 aromatic carbocycles. The van der Waals surface area contributed by atoms with Crippen LogP contribution in [0.2, 0.25) is 0 Å². The summed E-state index contributed by atoms with van der Waals surface area (Å²) >= 11 is 2.09. The van der Waals surface area contributed by atoms with Gasteiger partial charge in [0.15, 0.2) is 0 Å². The summed E-state index contributed by atoms with van der Waals surface area (Å²) in [7, 11) is 0. The Bertz CT molecular complexity index is 124. The van der Waals surface area contributed by atoms with Crippen molar-refractivity contribution in [3.63, 3.8) is 0 Å². The van der Waals surface area contributed by atoms with Gasteiger partial charge in [0.2, 0.25) is 0 Å². The van der Waals surface area contributed by atoms with Gasteiger partial charge in [0.1, 0.15) is 0 Å². The Morgan fingerprint density at radius 2 is 1.57 bits per heavy atom. The van der Waals surface area contributed by atoms with E-state index in [9.17, 15) is 0 Å². The molecule has 1 saturated heterocycles. The summed E-state index contributed by atoms with van der Waals surface area (Å²) in [6.45, 7) is 4.81. The Hall–Kier alpha value is 0.270. The molecule has 1 fully saturated rings. The third-order valence-corrected chi connectivity index (χ3v) is 3.72. The lowest BCUT2D eigenvalue weighted by Gasteiger charge is -2.25. The topological polar surface area (TPSA) is 29.3 Å². The summed E-state index contributed by atoms with van der Waals surface area (Å²) in [5, 5.41) is 0. The molecule has 84 valence electrons. The van der Waals surface area contributed by atoms with Crippen molar-refractivity contribution in [3.8, 4) is 0 Å². The lowest BCUT2D eigenvalue weighted by atomic mass is 10.1. The minimum absolute atomic E-state index is 0.864. The fourth-order valence-electron chi connectivity index (χ4n) is 1.83. The maximum atomic E-state index is 5.45. The lowest BCUT2D eigenvalue weighted by Crippen LogP contribution is -2.33. The van der Waals surface area contributed by atoms with Crippen molar-refractivity contribution >= 4 is 11.8 Å². The van der Waals surface area contributed by atoms with E-state index in [-0.39, 0.29) is 0 Å². The molecule has 0 atom stereocenters. The van der Waals surface area contributed by atoms with E-state index in [1.807, 2.05) is 0 Å². The number of thioether (sulfide) groups is 1. The number of nitrogens with zero attached hydrogens (tertiary/aromatic N) is 1. The van der Waals surface area contributed by atoms with Crippen LogP contribution < -0.4 is 5.73 Å². The van der Waals surface area contributed by atoms with Gasteiger partial charge in [-0.25, -0.2) is 0 Å². The van der Waals surface area contributed by atoms with Gasteiger partial charge in [-0.15, -0.1) is 0 Å². The molecule has 0 radical (unpaired) electrons. The Balaban J connectivity index is 1.82. The molecule has 0 saturated carbocycles. The molecule has 14 heavy (non-hydrogen) atoms. The van der Waals surface area contributed by atoms with Crippen molar-refractivity contribution in [2.24, 2.45) is 5.73 Å². The van der Waals surface area contributed by atoms with Crippen molar-refractivity contribution in [1.29, 1.82) is 0 Å². The van der Waals surface area contributed by atoms with Crippen LogP contribution >= 0.6 is 11.8 Å². The van der Waals surface area contributed by atoms with Crippen LogP contribution in [0, 0.1) is 0 Å². The molecule has 1 aliphatic rings. The zero-order chi connectivity index (χ0) is 10.1. The number of nitrogens with two attached hydrogens (primary N) is 1. The van der Waals surface area contributed by atoms with Crippen LogP contribution in [0.25, 0.3) is 0 Å². The minimum atomic E-state index is 0.864. The smallest absolute Gasteiger partial charge is 0.00727 e. The van der Waals surface area contributed by atoms with E-state index in [0.29, 0.717) is 0 Å². The second-order valence-electron chi connectivity index (χ2n) is 4.01. The third-order valence-electron chi connectivity index (χ3n) is 2.78. The third kappa shape index (κ3) is 5.89. The summed E-state index contributed by atoms with van der Waals surface area (Å²) < 4.78 is 0. The first-order chi connectivity index (χ1) is 6.93. The van der Waals surface area contributed by atoms with Gasteiger partial charge < -0.3 is 10.6 Å². The molecule has 0 aromatic heterocycles. The highest BCUT2D eigenvalue weighted by molar-refractivity contribution is 7.99. The largest absolute Gasteiger partial charge is 0.330 e. The molecule has 3 heteroatoms. The molecule has 0 amide bonds. The number of unbranched alkanes of at least 4 members (excludes halogenated alkanes) is 4. The van der Waals surface area contributed by atoms with E-state index in [2.05, 4.69) is 16.7 Å². The molecule has 0 aromatic rings. The second kappa shape index (κ2) is 8.57. The van der Waals surface area contributed by atoms with Crippen LogP contribution in [0.3, 0.4) is 0 Å². The molecule has 0 aliphatic carbocycles. The van der Waals surface area contributed by atoms with Crippen molar-refractivity contribution in [1.82, 2.24) is 4.90 Å². The predicted octanol–water partition coefficient (Wildman–Crippen LogP) is 1.94. The van der Waals surface area contributed by atoms with Crippen molar-refractivity contribution in [3.05, 3.63) is 0 Å². The van der Waals surface area contributed by atoms with E-state index in [0.717, 1.165) is 6.54 Å². The van der Waals surface area contributed by atoms with E-state index in [4.69, 9.17) is 5.73 Å². The van der Waals surface area contributed by atoms with E-state index < -0.39 is 0 Å². The first-order valence-electron chi connectivity index (χ1n) is 5.93. The van der Waals surface area contributed by atoms with Crippen LogP contribution in [0.1, 0.15) is 32.1 Å².